The number of nitrogens with zero attached hydrogens (tertiary/aromatic N) is 4. The summed E-state index contributed by atoms with van der Waals surface area (Å²) in [5.74, 6) is 0.864. The van der Waals surface area contributed by atoms with Gasteiger partial charge in [-0.05, 0) is 33.1 Å². The van der Waals surface area contributed by atoms with Crippen molar-refractivity contribution in [1.82, 2.24) is 19.4 Å². The van der Waals surface area contributed by atoms with Gasteiger partial charge >= 0.3 is 6.09 Å². The summed E-state index contributed by atoms with van der Waals surface area (Å²) in [4.78, 5) is 33.7. The van der Waals surface area contributed by atoms with Crippen molar-refractivity contribution < 1.29 is 14.3 Å². The molecule has 7 nitrogen and oxygen atoms in total. The van der Waals surface area contributed by atoms with Crippen LogP contribution in [-0.2, 0) is 17.7 Å². The minimum Gasteiger partial charge on any atom is -0.450 e. The lowest BCUT2D eigenvalue weighted by atomic mass is 10.1. The third kappa shape index (κ3) is 4.06. The predicted octanol–water partition coefficient (Wildman–Crippen LogP) is 3.50. The summed E-state index contributed by atoms with van der Waals surface area (Å²) in [6.45, 7) is 7.12. The van der Waals surface area contributed by atoms with E-state index in [4.69, 9.17) is 9.72 Å². The summed E-state index contributed by atoms with van der Waals surface area (Å²) in [7, 11) is 0. The molecule has 0 atom stereocenters. The zero-order chi connectivity index (χ0) is 21.1. The normalized spacial score (nSPS) is 16.7. The zero-order valence-electron chi connectivity index (χ0n) is 17.9. The van der Waals surface area contributed by atoms with Crippen molar-refractivity contribution in [3.8, 4) is 11.4 Å². The van der Waals surface area contributed by atoms with Gasteiger partial charge in [0.05, 0.1) is 12.3 Å². The molecule has 0 bridgehead atoms. The van der Waals surface area contributed by atoms with Crippen molar-refractivity contribution >= 4 is 12.0 Å². The van der Waals surface area contributed by atoms with Gasteiger partial charge in [-0.15, -0.1) is 0 Å². The molecule has 1 aromatic carbocycles. The molecule has 1 saturated heterocycles. The second-order valence-electron chi connectivity index (χ2n) is 8.04. The lowest BCUT2D eigenvalue weighted by Gasteiger charge is -2.33. The van der Waals surface area contributed by atoms with Crippen molar-refractivity contribution in [3.63, 3.8) is 0 Å². The number of amides is 2. The molecule has 0 spiro atoms. The Morgan fingerprint density at radius 1 is 0.967 bits per heavy atom. The molecular weight excluding hydrogens is 380 g/mol. The average Bonchev–Trinajstić information content (AvgIpc) is 2.95. The van der Waals surface area contributed by atoms with Gasteiger partial charge < -0.3 is 19.1 Å². The standard InChI is InChI=1S/C23H30N4O3/c1-3-30-23(29)26-15-13-25(14-16-26)22(28)20-19-7-5-4-6-12-27(19)21(24-20)18-10-8-17(2)9-11-18/h8-11H,3-7,12-16H2,1-2H3. The lowest BCUT2D eigenvalue weighted by molar-refractivity contribution is 0.0565. The monoisotopic (exact) mass is 410 g/mol. The van der Waals surface area contributed by atoms with Crippen LogP contribution >= 0.6 is 0 Å². The van der Waals surface area contributed by atoms with Crippen LogP contribution in [0.1, 0.15) is 47.9 Å². The van der Waals surface area contributed by atoms with Gasteiger partial charge in [0, 0.05) is 38.3 Å². The van der Waals surface area contributed by atoms with E-state index < -0.39 is 0 Å². The van der Waals surface area contributed by atoms with Crippen LogP contribution in [0.5, 0.6) is 0 Å². The maximum atomic E-state index is 13.4. The zero-order valence-corrected chi connectivity index (χ0v) is 17.9. The summed E-state index contributed by atoms with van der Waals surface area (Å²) in [6.07, 6.45) is 3.93. The first-order valence-corrected chi connectivity index (χ1v) is 11.0. The van der Waals surface area contributed by atoms with Crippen LogP contribution in [0.3, 0.4) is 0 Å². The number of carbonyl (C=O) groups is 2. The maximum absolute atomic E-state index is 13.4. The van der Waals surface area contributed by atoms with E-state index in [-0.39, 0.29) is 12.0 Å². The third-order valence-corrected chi connectivity index (χ3v) is 5.97. The van der Waals surface area contributed by atoms with Crippen LogP contribution in [-0.4, -0.2) is 64.1 Å². The van der Waals surface area contributed by atoms with Gasteiger partial charge in [0.15, 0.2) is 0 Å². The van der Waals surface area contributed by atoms with E-state index in [1.165, 1.54) is 12.0 Å². The molecule has 0 saturated carbocycles. The molecule has 0 unspecified atom stereocenters. The summed E-state index contributed by atoms with van der Waals surface area (Å²) in [5.41, 5.74) is 3.89. The van der Waals surface area contributed by atoms with E-state index in [2.05, 4.69) is 35.8 Å². The van der Waals surface area contributed by atoms with Crippen molar-refractivity contribution in [2.24, 2.45) is 0 Å². The Hall–Kier alpha value is -2.83. The first kappa shape index (κ1) is 20.4. The Labute approximate surface area is 177 Å². The summed E-state index contributed by atoms with van der Waals surface area (Å²) in [6, 6.07) is 8.35. The van der Waals surface area contributed by atoms with Crippen molar-refractivity contribution in [3.05, 3.63) is 41.2 Å². The Balaban J connectivity index is 1.59. The fraction of sp³-hybridized carbons (Fsp3) is 0.522. The van der Waals surface area contributed by atoms with E-state index in [1.54, 1.807) is 11.8 Å². The number of benzene rings is 1. The minimum atomic E-state index is -0.304. The number of fused-ring (bicyclic) bond motifs is 1. The first-order chi connectivity index (χ1) is 14.6. The molecule has 1 aromatic heterocycles. The third-order valence-electron chi connectivity index (χ3n) is 5.97. The van der Waals surface area contributed by atoms with Gasteiger partial charge in [0.2, 0.25) is 0 Å². The topological polar surface area (TPSA) is 67.7 Å². The van der Waals surface area contributed by atoms with Crippen LogP contribution < -0.4 is 0 Å². The largest absolute Gasteiger partial charge is 0.450 e. The van der Waals surface area contributed by atoms with Gasteiger partial charge in [-0.3, -0.25) is 4.79 Å². The first-order valence-electron chi connectivity index (χ1n) is 11.0. The van der Waals surface area contributed by atoms with Crippen molar-refractivity contribution in [2.75, 3.05) is 32.8 Å². The molecule has 2 aliphatic rings. The second-order valence-corrected chi connectivity index (χ2v) is 8.04. The van der Waals surface area contributed by atoms with Crippen LogP contribution in [0.15, 0.2) is 24.3 Å². The van der Waals surface area contributed by atoms with Gasteiger partial charge in [0.1, 0.15) is 11.5 Å². The summed E-state index contributed by atoms with van der Waals surface area (Å²) >= 11 is 0. The van der Waals surface area contributed by atoms with Crippen molar-refractivity contribution in [2.45, 2.75) is 46.1 Å². The molecule has 7 heteroatoms. The molecule has 1 fully saturated rings. The molecule has 0 radical (unpaired) electrons. The number of hydrogen-bond donors (Lipinski definition) is 0. The smallest absolute Gasteiger partial charge is 0.409 e. The molecule has 2 amide bonds. The molecule has 0 N–H and O–H groups in total. The number of hydrogen-bond acceptors (Lipinski definition) is 4. The van der Waals surface area contributed by atoms with Gasteiger partial charge in [-0.2, -0.15) is 0 Å². The second kappa shape index (κ2) is 8.90. The van der Waals surface area contributed by atoms with Crippen LogP contribution in [0, 0.1) is 6.92 Å². The molecule has 0 aliphatic carbocycles. The summed E-state index contributed by atoms with van der Waals surface area (Å²) in [5, 5.41) is 0. The van der Waals surface area contributed by atoms with Gasteiger partial charge in [-0.25, -0.2) is 9.78 Å². The van der Waals surface area contributed by atoms with E-state index in [9.17, 15) is 9.59 Å². The van der Waals surface area contributed by atoms with Gasteiger partial charge in [-0.1, -0.05) is 36.2 Å². The Morgan fingerprint density at radius 2 is 1.67 bits per heavy atom. The van der Waals surface area contributed by atoms with E-state index >= 15 is 0 Å². The lowest BCUT2D eigenvalue weighted by Crippen LogP contribution is -2.51. The fourth-order valence-corrected chi connectivity index (χ4v) is 4.27. The molecule has 30 heavy (non-hydrogen) atoms. The highest BCUT2D eigenvalue weighted by Gasteiger charge is 2.30. The molecule has 3 heterocycles. The minimum absolute atomic E-state index is 0.0254. The highest BCUT2D eigenvalue weighted by Crippen LogP contribution is 2.28. The quantitative estimate of drug-likeness (QED) is 0.777. The molecule has 160 valence electrons. The highest BCUT2D eigenvalue weighted by molar-refractivity contribution is 5.94. The van der Waals surface area contributed by atoms with Gasteiger partial charge in [0.25, 0.3) is 5.91 Å². The Morgan fingerprint density at radius 3 is 2.37 bits per heavy atom. The fourth-order valence-electron chi connectivity index (χ4n) is 4.27. The summed E-state index contributed by atoms with van der Waals surface area (Å²) < 4.78 is 7.33. The number of piperazine rings is 1. The van der Waals surface area contributed by atoms with E-state index in [0.717, 1.165) is 42.9 Å². The number of imidazole rings is 1. The SMILES string of the molecule is CCOC(=O)N1CCN(C(=O)c2nc(-c3ccc(C)cc3)n3c2CCCCC3)CC1. The van der Waals surface area contributed by atoms with Crippen LogP contribution in [0.4, 0.5) is 4.79 Å². The number of rotatable bonds is 3. The van der Waals surface area contributed by atoms with Crippen LogP contribution in [0.25, 0.3) is 11.4 Å². The Bertz CT molecular complexity index is 911. The molecular formula is C23H30N4O3. The van der Waals surface area contributed by atoms with E-state index in [1.807, 2.05) is 4.90 Å². The predicted molar refractivity (Wildman–Crippen MR) is 114 cm³/mol. The highest BCUT2D eigenvalue weighted by atomic mass is 16.6. The number of carbonyl (C=O) groups excluding carboxylic acids is 2. The Kier molecular flexibility index (Phi) is 6.06. The molecule has 4 rings (SSSR count). The van der Waals surface area contributed by atoms with E-state index in [0.29, 0.717) is 38.5 Å². The molecule has 2 aromatic rings. The van der Waals surface area contributed by atoms with Crippen LogP contribution in [0.2, 0.25) is 0 Å². The number of aryl methyl sites for hydroxylation is 1. The maximum Gasteiger partial charge on any atom is 0.409 e. The number of aromatic nitrogens is 2. The number of ether oxygens (including phenoxy) is 1. The van der Waals surface area contributed by atoms with Crippen molar-refractivity contribution in [1.29, 1.82) is 0 Å². The average molecular weight is 411 g/mol. The molecule has 2 aliphatic heterocycles.